The maximum Gasteiger partial charge on any atom is 0.325 e. The molecule has 0 saturated carbocycles. The second-order valence-corrected chi connectivity index (χ2v) is 7.84. The predicted molar refractivity (Wildman–Crippen MR) is 89.8 cm³/mol. The topological polar surface area (TPSA) is 53.4 Å². The van der Waals surface area contributed by atoms with Gasteiger partial charge in [0.15, 0.2) is 0 Å². The summed E-state index contributed by atoms with van der Waals surface area (Å²) in [5.41, 5.74) is 1.99. The van der Waals surface area contributed by atoms with Crippen molar-refractivity contribution in [1.82, 2.24) is 9.88 Å². The van der Waals surface area contributed by atoms with E-state index in [-0.39, 0.29) is 0 Å². The van der Waals surface area contributed by atoms with Gasteiger partial charge in [0.1, 0.15) is 6.04 Å². The van der Waals surface area contributed by atoms with Crippen LogP contribution in [0.5, 0.6) is 0 Å². The Hall–Kier alpha value is -1.24. The van der Waals surface area contributed by atoms with Gasteiger partial charge in [-0.1, -0.05) is 0 Å². The lowest BCUT2D eigenvalue weighted by Gasteiger charge is -2.35. The van der Waals surface area contributed by atoms with E-state index in [1.807, 2.05) is 23.8 Å². The van der Waals surface area contributed by atoms with Crippen molar-refractivity contribution in [1.29, 1.82) is 0 Å². The zero-order chi connectivity index (χ0) is 15.7. The highest BCUT2D eigenvalue weighted by Gasteiger charge is 2.33. The van der Waals surface area contributed by atoms with Gasteiger partial charge in [0.05, 0.1) is 10.7 Å². The molecule has 6 heteroatoms. The molecule has 2 unspecified atom stereocenters. The fourth-order valence-electron chi connectivity index (χ4n) is 3.05. The fourth-order valence-corrected chi connectivity index (χ4v) is 4.78. The van der Waals surface area contributed by atoms with Crippen LogP contribution in [0.1, 0.15) is 45.9 Å². The highest BCUT2D eigenvalue weighted by molar-refractivity contribution is 7.11. The largest absolute Gasteiger partial charge is 0.480 e. The van der Waals surface area contributed by atoms with Crippen LogP contribution in [0.15, 0.2) is 16.8 Å². The van der Waals surface area contributed by atoms with Crippen molar-refractivity contribution in [2.24, 2.45) is 0 Å². The van der Waals surface area contributed by atoms with Crippen LogP contribution in [-0.2, 0) is 4.79 Å². The maximum atomic E-state index is 11.7. The van der Waals surface area contributed by atoms with Crippen molar-refractivity contribution >= 4 is 28.6 Å². The van der Waals surface area contributed by atoms with Gasteiger partial charge in [-0.05, 0) is 55.6 Å². The van der Waals surface area contributed by atoms with Crippen LogP contribution in [-0.4, -0.2) is 34.0 Å². The highest BCUT2D eigenvalue weighted by atomic mass is 32.1. The summed E-state index contributed by atoms with van der Waals surface area (Å²) in [4.78, 5) is 19.8. The van der Waals surface area contributed by atoms with Gasteiger partial charge in [-0.2, -0.15) is 11.3 Å². The fraction of sp³-hybridized carbons (Fsp3) is 0.500. The van der Waals surface area contributed by atoms with Gasteiger partial charge in [0.25, 0.3) is 0 Å². The van der Waals surface area contributed by atoms with Crippen LogP contribution in [0, 0.1) is 13.8 Å². The molecule has 2 atom stereocenters. The molecule has 3 heterocycles. The van der Waals surface area contributed by atoms with Crippen LogP contribution >= 0.6 is 22.7 Å². The Balaban J connectivity index is 1.81. The molecule has 1 aliphatic heterocycles. The molecule has 0 spiro atoms. The standard InChI is InChI=1S/C16H20N2O2S2/c1-10-11(2)22-15(17-10)12-4-3-6-18(8-12)14(16(19)20)13-5-7-21-9-13/h5,7,9,12,14H,3-4,6,8H2,1-2H3,(H,19,20). The van der Waals surface area contributed by atoms with Crippen molar-refractivity contribution in [2.75, 3.05) is 13.1 Å². The number of thiophene rings is 1. The lowest BCUT2D eigenvalue weighted by atomic mass is 9.96. The Morgan fingerprint density at radius 3 is 2.91 bits per heavy atom. The van der Waals surface area contributed by atoms with Crippen molar-refractivity contribution in [3.63, 3.8) is 0 Å². The van der Waals surface area contributed by atoms with Crippen molar-refractivity contribution in [3.05, 3.63) is 38.0 Å². The minimum atomic E-state index is -0.759. The van der Waals surface area contributed by atoms with Gasteiger partial charge in [-0.15, -0.1) is 11.3 Å². The molecule has 4 nitrogen and oxygen atoms in total. The molecule has 118 valence electrons. The van der Waals surface area contributed by atoms with Gasteiger partial charge in [-0.3, -0.25) is 9.69 Å². The van der Waals surface area contributed by atoms with Crippen molar-refractivity contribution in [2.45, 2.75) is 38.6 Å². The van der Waals surface area contributed by atoms with E-state index in [4.69, 9.17) is 0 Å². The van der Waals surface area contributed by atoms with E-state index in [1.54, 1.807) is 22.7 Å². The van der Waals surface area contributed by atoms with Crippen molar-refractivity contribution < 1.29 is 9.90 Å². The van der Waals surface area contributed by atoms with Gasteiger partial charge < -0.3 is 5.11 Å². The molecule has 22 heavy (non-hydrogen) atoms. The Morgan fingerprint density at radius 1 is 1.50 bits per heavy atom. The molecular weight excluding hydrogens is 316 g/mol. The summed E-state index contributed by atoms with van der Waals surface area (Å²) >= 11 is 3.31. The number of aromatic nitrogens is 1. The number of aliphatic carboxylic acids is 1. The van der Waals surface area contributed by atoms with Gasteiger partial charge in [0, 0.05) is 17.3 Å². The first-order valence-electron chi connectivity index (χ1n) is 7.49. The number of thiazole rings is 1. The molecule has 2 aromatic heterocycles. The SMILES string of the molecule is Cc1nc(C2CCCN(C(C(=O)O)c3ccsc3)C2)sc1C. The number of rotatable bonds is 4. The molecule has 0 aromatic carbocycles. The third-order valence-corrected chi connectivity index (χ3v) is 6.24. The third-order valence-electron chi connectivity index (χ3n) is 4.31. The summed E-state index contributed by atoms with van der Waals surface area (Å²) in [7, 11) is 0. The molecule has 0 bridgehead atoms. The Kier molecular flexibility index (Phi) is 4.61. The Morgan fingerprint density at radius 2 is 2.32 bits per heavy atom. The predicted octanol–water partition coefficient (Wildman–Crippen LogP) is 3.83. The quantitative estimate of drug-likeness (QED) is 0.922. The summed E-state index contributed by atoms with van der Waals surface area (Å²) in [6, 6.07) is 1.39. The number of piperidine rings is 1. The van der Waals surface area contributed by atoms with Gasteiger partial charge >= 0.3 is 5.97 Å². The third kappa shape index (κ3) is 3.09. The minimum absolute atomic E-state index is 0.353. The monoisotopic (exact) mass is 336 g/mol. The zero-order valence-corrected chi connectivity index (χ0v) is 14.4. The van der Waals surface area contributed by atoms with E-state index in [0.29, 0.717) is 5.92 Å². The van der Waals surface area contributed by atoms with Gasteiger partial charge in [0.2, 0.25) is 0 Å². The maximum absolute atomic E-state index is 11.7. The first-order valence-corrected chi connectivity index (χ1v) is 9.25. The Labute approximate surface area is 138 Å². The minimum Gasteiger partial charge on any atom is -0.480 e. The molecule has 1 fully saturated rings. The summed E-state index contributed by atoms with van der Waals surface area (Å²) < 4.78 is 0. The molecule has 3 rings (SSSR count). The zero-order valence-electron chi connectivity index (χ0n) is 12.8. The lowest BCUT2D eigenvalue weighted by Crippen LogP contribution is -2.40. The number of carbonyl (C=O) groups is 1. The normalized spacial score (nSPS) is 20.9. The number of nitrogens with zero attached hydrogens (tertiary/aromatic N) is 2. The van der Waals surface area contributed by atoms with E-state index in [1.165, 1.54) is 4.88 Å². The summed E-state index contributed by atoms with van der Waals surface area (Å²) in [5.74, 6) is -0.405. The number of likely N-dealkylation sites (tertiary alicyclic amines) is 1. The molecule has 0 radical (unpaired) electrons. The lowest BCUT2D eigenvalue weighted by molar-refractivity contribution is -0.144. The first-order chi connectivity index (χ1) is 10.6. The van der Waals surface area contributed by atoms with E-state index >= 15 is 0 Å². The van der Waals surface area contributed by atoms with Crippen LogP contribution in [0.2, 0.25) is 0 Å². The second-order valence-electron chi connectivity index (χ2n) is 5.83. The van der Waals surface area contributed by atoms with Crippen LogP contribution in [0.25, 0.3) is 0 Å². The summed E-state index contributed by atoms with van der Waals surface area (Å²) in [6.07, 6.45) is 2.12. The molecule has 1 aliphatic rings. The molecule has 1 saturated heterocycles. The Bertz CT molecular complexity index is 632. The molecule has 2 aromatic rings. The highest BCUT2D eigenvalue weighted by Crippen LogP contribution is 2.35. The smallest absolute Gasteiger partial charge is 0.325 e. The summed E-state index contributed by atoms with van der Waals surface area (Å²) in [5, 5.41) is 14.7. The average Bonchev–Trinajstić information content (AvgIpc) is 3.10. The molecular formula is C16H20N2O2S2. The van der Waals surface area contributed by atoms with Gasteiger partial charge in [-0.25, -0.2) is 4.98 Å². The van der Waals surface area contributed by atoms with Crippen molar-refractivity contribution in [3.8, 4) is 0 Å². The second kappa shape index (κ2) is 6.48. The van der Waals surface area contributed by atoms with Crippen LogP contribution < -0.4 is 0 Å². The van der Waals surface area contributed by atoms with E-state index < -0.39 is 12.0 Å². The van der Waals surface area contributed by atoms with E-state index in [2.05, 4.69) is 16.8 Å². The summed E-state index contributed by atoms with van der Waals surface area (Å²) in [6.45, 7) is 5.76. The first kappa shape index (κ1) is 15.6. The molecule has 0 amide bonds. The van der Waals surface area contributed by atoms with Crippen LogP contribution in [0.3, 0.4) is 0 Å². The van der Waals surface area contributed by atoms with E-state index in [9.17, 15) is 9.90 Å². The number of hydrogen-bond acceptors (Lipinski definition) is 5. The molecule has 0 aliphatic carbocycles. The average molecular weight is 336 g/mol. The van der Waals surface area contributed by atoms with E-state index in [0.717, 1.165) is 42.2 Å². The number of aryl methyl sites for hydroxylation is 2. The molecule has 1 N–H and O–H groups in total. The number of carboxylic acids is 1. The number of carboxylic acid groups (broad SMARTS) is 1. The number of hydrogen-bond donors (Lipinski definition) is 1. The van der Waals surface area contributed by atoms with Crippen LogP contribution in [0.4, 0.5) is 0 Å².